The maximum atomic E-state index is 13.0. The van der Waals surface area contributed by atoms with Crippen LogP contribution in [0.1, 0.15) is 32.9 Å². The summed E-state index contributed by atoms with van der Waals surface area (Å²) in [5, 5.41) is 2.95. The number of amides is 1. The predicted octanol–water partition coefficient (Wildman–Crippen LogP) is 3.16. The van der Waals surface area contributed by atoms with Gasteiger partial charge in [0.15, 0.2) is 0 Å². The van der Waals surface area contributed by atoms with E-state index in [1.54, 1.807) is 17.9 Å². The third-order valence-corrected chi connectivity index (χ3v) is 4.52. The largest absolute Gasteiger partial charge is 0.475 e. The van der Waals surface area contributed by atoms with E-state index in [-0.39, 0.29) is 5.91 Å². The summed E-state index contributed by atoms with van der Waals surface area (Å²) >= 11 is 0. The fraction of sp³-hybridized carbons (Fsp3) is 0.174. The molecule has 6 nitrogen and oxygen atoms in total. The molecule has 0 spiro atoms. The van der Waals surface area contributed by atoms with Gasteiger partial charge < -0.3 is 14.6 Å². The Morgan fingerprint density at radius 2 is 1.93 bits per heavy atom. The SMILES string of the molecule is Cc1ccc(C#Cc2ncn(C)c2C(=O)Nc2ccccc2C2=NCCO2)cc1. The van der Waals surface area contributed by atoms with Crippen LogP contribution in [0.25, 0.3) is 0 Å². The first kappa shape index (κ1) is 18.5. The number of carbonyl (C=O) groups is 1. The molecular weight excluding hydrogens is 364 g/mol. The molecule has 4 rings (SSSR count). The fourth-order valence-electron chi connectivity index (χ4n) is 3.02. The molecule has 0 fully saturated rings. The second-order valence-corrected chi connectivity index (χ2v) is 6.70. The Hall–Kier alpha value is -3.85. The number of para-hydroxylation sites is 1. The van der Waals surface area contributed by atoms with Gasteiger partial charge in [-0.15, -0.1) is 0 Å². The second kappa shape index (κ2) is 8.03. The van der Waals surface area contributed by atoms with E-state index in [1.165, 1.54) is 5.56 Å². The number of aromatic nitrogens is 2. The van der Waals surface area contributed by atoms with Gasteiger partial charge in [0.2, 0.25) is 5.90 Å². The summed E-state index contributed by atoms with van der Waals surface area (Å²) < 4.78 is 7.22. The molecule has 0 bridgehead atoms. The highest BCUT2D eigenvalue weighted by atomic mass is 16.5. The maximum Gasteiger partial charge on any atom is 0.275 e. The van der Waals surface area contributed by atoms with Crippen LogP contribution in [0, 0.1) is 18.8 Å². The molecule has 0 unspecified atom stereocenters. The number of imidazole rings is 1. The monoisotopic (exact) mass is 384 g/mol. The van der Waals surface area contributed by atoms with Crippen LogP contribution < -0.4 is 5.32 Å². The van der Waals surface area contributed by atoms with E-state index in [9.17, 15) is 4.79 Å². The minimum atomic E-state index is -0.288. The molecule has 0 radical (unpaired) electrons. The molecule has 3 aromatic rings. The van der Waals surface area contributed by atoms with Gasteiger partial charge in [-0.25, -0.2) is 9.98 Å². The minimum absolute atomic E-state index is 0.288. The molecule has 1 aliphatic rings. The van der Waals surface area contributed by atoms with Crippen LogP contribution in [0.2, 0.25) is 0 Å². The molecule has 2 heterocycles. The zero-order chi connectivity index (χ0) is 20.2. The smallest absolute Gasteiger partial charge is 0.275 e. The van der Waals surface area contributed by atoms with Gasteiger partial charge in [-0.05, 0) is 37.1 Å². The lowest BCUT2D eigenvalue weighted by molar-refractivity contribution is 0.101. The van der Waals surface area contributed by atoms with Crippen molar-refractivity contribution in [2.45, 2.75) is 6.92 Å². The molecule has 1 amide bonds. The third kappa shape index (κ3) is 4.04. The van der Waals surface area contributed by atoms with Gasteiger partial charge in [0.25, 0.3) is 5.91 Å². The van der Waals surface area contributed by atoms with Crippen LogP contribution in [0.5, 0.6) is 0 Å². The maximum absolute atomic E-state index is 13.0. The number of ether oxygens (including phenoxy) is 1. The van der Waals surface area contributed by atoms with Crippen LogP contribution in [0.3, 0.4) is 0 Å². The topological polar surface area (TPSA) is 68.5 Å². The van der Waals surface area contributed by atoms with Crippen LogP contribution in [-0.4, -0.2) is 34.5 Å². The number of nitrogens with one attached hydrogen (secondary N) is 1. The number of rotatable bonds is 3. The lowest BCUT2D eigenvalue weighted by atomic mass is 10.1. The first-order valence-corrected chi connectivity index (χ1v) is 9.30. The van der Waals surface area contributed by atoms with Crippen molar-refractivity contribution in [2.24, 2.45) is 12.0 Å². The van der Waals surface area contributed by atoms with Crippen molar-refractivity contribution >= 4 is 17.5 Å². The summed E-state index contributed by atoms with van der Waals surface area (Å²) in [6, 6.07) is 15.3. The molecule has 29 heavy (non-hydrogen) atoms. The van der Waals surface area contributed by atoms with Crippen LogP contribution >= 0.6 is 0 Å². The van der Waals surface area contributed by atoms with Crippen molar-refractivity contribution in [1.29, 1.82) is 0 Å². The summed E-state index contributed by atoms with van der Waals surface area (Å²) in [6.45, 7) is 3.20. The van der Waals surface area contributed by atoms with Crippen molar-refractivity contribution in [1.82, 2.24) is 9.55 Å². The molecule has 0 atom stereocenters. The fourth-order valence-corrected chi connectivity index (χ4v) is 3.02. The van der Waals surface area contributed by atoms with E-state index in [0.29, 0.717) is 36.1 Å². The Labute approximate surface area is 169 Å². The molecule has 1 N–H and O–H groups in total. The summed E-state index contributed by atoms with van der Waals surface area (Å²) in [7, 11) is 1.77. The first-order valence-electron chi connectivity index (χ1n) is 9.30. The van der Waals surface area contributed by atoms with Crippen molar-refractivity contribution in [2.75, 3.05) is 18.5 Å². The number of carbonyl (C=O) groups excluding carboxylic acids is 1. The lowest BCUT2D eigenvalue weighted by Crippen LogP contribution is -2.19. The predicted molar refractivity (Wildman–Crippen MR) is 112 cm³/mol. The van der Waals surface area contributed by atoms with Gasteiger partial charge in [-0.3, -0.25) is 4.79 Å². The quantitative estimate of drug-likeness (QED) is 0.706. The summed E-state index contributed by atoms with van der Waals surface area (Å²) in [5.41, 5.74) is 4.26. The first-order chi connectivity index (χ1) is 14.1. The van der Waals surface area contributed by atoms with Crippen molar-refractivity contribution in [3.63, 3.8) is 0 Å². The molecule has 1 aliphatic heterocycles. The number of anilines is 1. The summed E-state index contributed by atoms with van der Waals surface area (Å²) in [6.07, 6.45) is 1.59. The molecular formula is C23H20N4O2. The Morgan fingerprint density at radius 3 is 2.69 bits per heavy atom. The van der Waals surface area contributed by atoms with Crippen molar-refractivity contribution in [3.8, 4) is 11.8 Å². The normalized spacial score (nSPS) is 12.6. The number of benzene rings is 2. The Kier molecular flexibility index (Phi) is 5.12. The highest BCUT2D eigenvalue weighted by Gasteiger charge is 2.20. The molecule has 1 aromatic heterocycles. The number of aliphatic imine (C=N–C) groups is 1. The molecule has 6 heteroatoms. The lowest BCUT2D eigenvalue weighted by Gasteiger charge is -2.11. The van der Waals surface area contributed by atoms with Crippen molar-refractivity contribution < 1.29 is 9.53 Å². The molecule has 2 aromatic carbocycles. The average Bonchev–Trinajstić information content (AvgIpc) is 3.38. The number of hydrogen-bond acceptors (Lipinski definition) is 4. The summed E-state index contributed by atoms with van der Waals surface area (Å²) in [5.74, 6) is 6.35. The average molecular weight is 384 g/mol. The van der Waals surface area contributed by atoms with Crippen LogP contribution in [-0.2, 0) is 11.8 Å². The van der Waals surface area contributed by atoms with Crippen LogP contribution in [0.15, 0.2) is 59.9 Å². The van der Waals surface area contributed by atoms with E-state index >= 15 is 0 Å². The van der Waals surface area contributed by atoms with E-state index in [0.717, 1.165) is 11.1 Å². The zero-order valence-corrected chi connectivity index (χ0v) is 16.3. The van der Waals surface area contributed by atoms with Crippen LogP contribution in [0.4, 0.5) is 5.69 Å². The highest BCUT2D eigenvalue weighted by molar-refractivity contribution is 6.09. The Morgan fingerprint density at radius 1 is 1.14 bits per heavy atom. The number of aryl methyl sites for hydroxylation is 2. The molecule has 0 aliphatic carbocycles. The zero-order valence-electron chi connectivity index (χ0n) is 16.3. The van der Waals surface area contributed by atoms with Gasteiger partial charge in [0.1, 0.15) is 18.0 Å². The van der Waals surface area contributed by atoms with E-state index in [1.807, 2.05) is 55.5 Å². The van der Waals surface area contributed by atoms with Gasteiger partial charge in [0, 0.05) is 12.6 Å². The standard InChI is InChI=1S/C23H20N4O2/c1-16-7-9-17(10-8-16)11-12-20-21(27(2)15-25-20)22(28)26-19-6-4-3-5-18(19)23-24-13-14-29-23/h3-10,15H,13-14H2,1-2H3,(H,26,28). The molecule has 144 valence electrons. The van der Waals surface area contributed by atoms with Gasteiger partial charge in [-0.1, -0.05) is 35.7 Å². The Bertz CT molecular complexity index is 1150. The van der Waals surface area contributed by atoms with Gasteiger partial charge in [0.05, 0.1) is 24.1 Å². The summed E-state index contributed by atoms with van der Waals surface area (Å²) in [4.78, 5) is 21.7. The van der Waals surface area contributed by atoms with Crippen molar-refractivity contribution in [3.05, 3.63) is 82.9 Å². The number of nitrogens with zero attached hydrogens (tertiary/aromatic N) is 3. The Balaban J connectivity index is 1.61. The second-order valence-electron chi connectivity index (χ2n) is 6.70. The van der Waals surface area contributed by atoms with Gasteiger partial charge >= 0.3 is 0 Å². The van der Waals surface area contributed by atoms with Gasteiger partial charge in [-0.2, -0.15) is 0 Å². The number of hydrogen-bond donors (Lipinski definition) is 1. The molecule has 0 saturated heterocycles. The van der Waals surface area contributed by atoms with E-state index in [4.69, 9.17) is 4.74 Å². The highest BCUT2D eigenvalue weighted by Crippen LogP contribution is 2.20. The third-order valence-electron chi connectivity index (χ3n) is 4.52. The van der Waals surface area contributed by atoms with E-state index in [2.05, 4.69) is 27.1 Å². The van der Waals surface area contributed by atoms with E-state index < -0.39 is 0 Å². The minimum Gasteiger partial charge on any atom is -0.475 e. The molecule has 0 saturated carbocycles.